The van der Waals surface area contributed by atoms with Crippen molar-refractivity contribution in [3.63, 3.8) is 0 Å². The zero-order valence-electron chi connectivity index (χ0n) is 18.7. The van der Waals surface area contributed by atoms with Crippen LogP contribution in [-0.4, -0.2) is 47.4 Å². The summed E-state index contributed by atoms with van der Waals surface area (Å²) in [6.45, 7) is 1.70. The molecular weight excluding hydrogens is 540 g/mol. The number of rotatable bonds is 10. The number of aromatic nitrogens is 2. The number of nitrogen functional groups attached to an aromatic ring is 2. The fraction of sp³-hybridized carbons (Fsp3) is 0.316. The van der Waals surface area contributed by atoms with Gasteiger partial charge >= 0.3 is 0 Å². The number of benzene rings is 1. The molecular formula is C19H31Cl4N11O. The topological polar surface area (TPSA) is 217 Å². The summed E-state index contributed by atoms with van der Waals surface area (Å²) in [5.74, 6) is -1.17. The van der Waals surface area contributed by atoms with E-state index in [1.165, 1.54) is 5.56 Å². The molecule has 2 rings (SSSR count). The van der Waals surface area contributed by atoms with Crippen molar-refractivity contribution >= 4 is 84.0 Å². The fourth-order valence-corrected chi connectivity index (χ4v) is 2.91. The molecule has 0 aliphatic heterocycles. The van der Waals surface area contributed by atoms with Gasteiger partial charge in [0.2, 0.25) is 0 Å². The molecule has 0 fully saturated rings. The van der Waals surface area contributed by atoms with Gasteiger partial charge in [-0.15, -0.1) is 37.2 Å². The van der Waals surface area contributed by atoms with Gasteiger partial charge in [0.25, 0.3) is 5.91 Å². The van der Waals surface area contributed by atoms with Crippen molar-refractivity contribution in [1.82, 2.24) is 25.9 Å². The number of nitrogens with two attached hydrogens (primary N) is 3. The van der Waals surface area contributed by atoms with Crippen LogP contribution in [0.3, 0.4) is 0 Å². The molecule has 1 heterocycles. The molecule has 12 nitrogen and oxygen atoms in total. The van der Waals surface area contributed by atoms with Gasteiger partial charge in [0.1, 0.15) is 0 Å². The van der Waals surface area contributed by atoms with Gasteiger partial charge in [0.15, 0.2) is 34.4 Å². The second-order valence-electron chi connectivity index (χ2n) is 6.77. The number of unbranched alkanes of at least 4 members (excludes halogenated alkanes) is 1. The third kappa shape index (κ3) is 11.9. The van der Waals surface area contributed by atoms with Crippen molar-refractivity contribution in [1.29, 1.82) is 10.8 Å². The van der Waals surface area contributed by atoms with E-state index in [1.807, 2.05) is 18.2 Å². The number of hydrogen-bond donors (Lipinski definition) is 9. The highest BCUT2D eigenvalue weighted by atomic mass is 35.5. The molecule has 12 N–H and O–H groups in total. The maximum atomic E-state index is 12.2. The summed E-state index contributed by atoms with van der Waals surface area (Å²) in [5, 5.41) is 26.2. The average molecular weight is 571 g/mol. The average Bonchev–Trinajstić information content (AvgIpc) is 2.74. The van der Waals surface area contributed by atoms with E-state index in [0.29, 0.717) is 19.6 Å². The Morgan fingerprint density at radius 3 is 2.31 bits per heavy atom. The number of hydrogen-bond acceptors (Lipinski definition) is 8. The highest BCUT2D eigenvalue weighted by molar-refractivity contribution is 6.31. The molecule has 0 saturated heterocycles. The first-order valence-electron chi connectivity index (χ1n) is 9.90. The zero-order chi connectivity index (χ0) is 23.5. The molecule has 0 aliphatic rings. The van der Waals surface area contributed by atoms with Crippen LogP contribution in [0.4, 0.5) is 17.3 Å². The van der Waals surface area contributed by atoms with Crippen LogP contribution in [-0.2, 0) is 6.42 Å². The molecule has 0 saturated carbocycles. The van der Waals surface area contributed by atoms with Crippen LogP contribution in [0.2, 0.25) is 5.15 Å². The summed E-state index contributed by atoms with van der Waals surface area (Å²) in [5.41, 5.74) is 18.4. The molecule has 1 amide bonds. The Labute approximate surface area is 227 Å². The minimum absolute atomic E-state index is 0. The van der Waals surface area contributed by atoms with Crippen molar-refractivity contribution < 1.29 is 4.79 Å². The summed E-state index contributed by atoms with van der Waals surface area (Å²) in [6.07, 6.45) is 2.51. The van der Waals surface area contributed by atoms with Crippen LogP contribution in [0, 0.1) is 10.8 Å². The maximum absolute atomic E-state index is 12.2. The second kappa shape index (κ2) is 17.5. The second-order valence-corrected chi connectivity index (χ2v) is 7.13. The lowest BCUT2D eigenvalue weighted by Crippen LogP contribution is -2.41. The van der Waals surface area contributed by atoms with Gasteiger partial charge in [-0.3, -0.25) is 20.9 Å². The van der Waals surface area contributed by atoms with Gasteiger partial charge in [0.05, 0.1) is 0 Å². The molecule has 1 aromatic carbocycles. The summed E-state index contributed by atoms with van der Waals surface area (Å²) < 4.78 is 0. The number of guanidine groups is 2. The van der Waals surface area contributed by atoms with E-state index >= 15 is 0 Å². The number of anilines is 3. The van der Waals surface area contributed by atoms with Crippen molar-refractivity contribution in [2.24, 2.45) is 5.73 Å². The Kier molecular flexibility index (Phi) is 17.1. The molecule has 196 valence electrons. The maximum Gasteiger partial charge on any atom is 0.280 e. The van der Waals surface area contributed by atoms with Gasteiger partial charge in [0, 0.05) is 25.3 Å². The Bertz CT molecular complexity index is 978. The standard InChI is InChI=1S/C19H28ClN11O.3ClH/c20-14-16(22)30-15(21)13(29-14)17(32)31-19(25)28-8-4-3-6-11-5-1-2-7-12(11)26-9-10-27-18(23)24;;;/h1-2,5,7,26H,3-4,6,8-10H2,(H4,21,22,30)(H4,23,24,27)(H3,25,28,31,32);3*1H. The van der Waals surface area contributed by atoms with Crippen molar-refractivity contribution in [2.45, 2.75) is 19.3 Å². The van der Waals surface area contributed by atoms with Crippen LogP contribution in [0.25, 0.3) is 0 Å². The largest absolute Gasteiger partial charge is 0.383 e. The number of nitrogens with zero attached hydrogens (tertiary/aromatic N) is 2. The first-order chi connectivity index (χ1) is 15.3. The minimum atomic E-state index is -0.700. The molecule has 2 aromatic rings. The Hall–Kier alpha value is -2.93. The van der Waals surface area contributed by atoms with Gasteiger partial charge in [-0.2, -0.15) is 0 Å². The number of para-hydroxylation sites is 1. The van der Waals surface area contributed by atoms with Gasteiger partial charge in [-0.25, -0.2) is 9.97 Å². The lowest BCUT2D eigenvalue weighted by Gasteiger charge is -2.13. The molecule has 0 bridgehead atoms. The third-order valence-electron chi connectivity index (χ3n) is 4.31. The monoisotopic (exact) mass is 569 g/mol. The van der Waals surface area contributed by atoms with E-state index in [-0.39, 0.29) is 71.6 Å². The third-order valence-corrected chi connectivity index (χ3v) is 4.58. The Balaban J connectivity index is 0. The number of carbonyl (C=O) groups excluding carboxylic acids is 1. The van der Waals surface area contributed by atoms with Crippen molar-refractivity contribution in [3.8, 4) is 0 Å². The van der Waals surface area contributed by atoms with Gasteiger partial charge < -0.3 is 33.2 Å². The molecule has 0 aliphatic carbocycles. The Morgan fingerprint density at radius 1 is 0.943 bits per heavy atom. The van der Waals surface area contributed by atoms with E-state index in [0.717, 1.165) is 24.9 Å². The molecule has 0 atom stereocenters. The fourth-order valence-electron chi connectivity index (χ4n) is 2.78. The first kappa shape index (κ1) is 34.2. The quantitative estimate of drug-likeness (QED) is 0.115. The van der Waals surface area contributed by atoms with Crippen LogP contribution >= 0.6 is 48.8 Å². The SMILES string of the molecule is Cl.Cl.Cl.N=C(N)NCCNc1ccccc1CCCCNC(=N)NC(=O)c1nc(Cl)c(N)nc1N. The summed E-state index contributed by atoms with van der Waals surface area (Å²) in [6, 6.07) is 8.00. The number of aryl methyl sites for hydroxylation is 1. The lowest BCUT2D eigenvalue weighted by molar-refractivity contribution is 0.0971. The van der Waals surface area contributed by atoms with E-state index in [9.17, 15) is 4.79 Å². The smallest absolute Gasteiger partial charge is 0.280 e. The Morgan fingerprint density at radius 2 is 1.63 bits per heavy atom. The molecule has 0 unspecified atom stereocenters. The van der Waals surface area contributed by atoms with Crippen LogP contribution in [0.5, 0.6) is 0 Å². The van der Waals surface area contributed by atoms with E-state index in [1.54, 1.807) is 0 Å². The molecule has 1 aromatic heterocycles. The van der Waals surface area contributed by atoms with Crippen LogP contribution < -0.4 is 38.5 Å². The molecule has 0 radical (unpaired) electrons. The number of amides is 1. The molecule has 0 spiro atoms. The van der Waals surface area contributed by atoms with E-state index in [4.69, 9.17) is 39.6 Å². The number of halogens is 4. The van der Waals surface area contributed by atoms with Gasteiger partial charge in [-0.1, -0.05) is 29.8 Å². The predicted molar refractivity (Wildman–Crippen MR) is 149 cm³/mol. The lowest BCUT2D eigenvalue weighted by atomic mass is 10.1. The van der Waals surface area contributed by atoms with Gasteiger partial charge in [-0.05, 0) is 30.9 Å². The predicted octanol–water partition coefficient (Wildman–Crippen LogP) is 1.73. The van der Waals surface area contributed by atoms with E-state index in [2.05, 4.69) is 37.3 Å². The van der Waals surface area contributed by atoms with E-state index < -0.39 is 5.91 Å². The summed E-state index contributed by atoms with van der Waals surface area (Å²) in [4.78, 5) is 19.7. The van der Waals surface area contributed by atoms with Crippen molar-refractivity contribution in [3.05, 3.63) is 40.7 Å². The number of nitrogens with one attached hydrogen (secondary N) is 6. The normalized spacial score (nSPS) is 9.40. The van der Waals surface area contributed by atoms with Crippen LogP contribution in [0.1, 0.15) is 28.9 Å². The minimum Gasteiger partial charge on any atom is -0.383 e. The number of carbonyl (C=O) groups is 1. The van der Waals surface area contributed by atoms with Crippen molar-refractivity contribution in [2.75, 3.05) is 36.4 Å². The zero-order valence-corrected chi connectivity index (χ0v) is 21.9. The summed E-state index contributed by atoms with van der Waals surface area (Å²) in [7, 11) is 0. The highest BCUT2D eigenvalue weighted by Gasteiger charge is 2.16. The highest BCUT2D eigenvalue weighted by Crippen LogP contribution is 2.18. The first-order valence-corrected chi connectivity index (χ1v) is 10.3. The summed E-state index contributed by atoms with van der Waals surface area (Å²) >= 11 is 5.77. The molecule has 35 heavy (non-hydrogen) atoms. The molecule has 16 heteroatoms. The van der Waals surface area contributed by atoms with Crippen LogP contribution in [0.15, 0.2) is 24.3 Å².